The first kappa shape index (κ1) is 18.9. The summed E-state index contributed by atoms with van der Waals surface area (Å²) in [4.78, 5) is 27.1. The van der Waals surface area contributed by atoms with E-state index in [2.05, 4.69) is 11.8 Å². The van der Waals surface area contributed by atoms with Crippen LogP contribution < -0.4 is 4.90 Å². The lowest BCUT2D eigenvalue weighted by Gasteiger charge is -2.31. The summed E-state index contributed by atoms with van der Waals surface area (Å²) in [6.07, 6.45) is 7.16. The van der Waals surface area contributed by atoms with Gasteiger partial charge in [0.2, 0.25) is 0 Å². The van der Waals surface area contributed by atoms with Gasteiger partial charge in [-0.2, -0.15) is 0 Å². The number of anilines is 1. The van der Waals surface area contributed by atoms with E-state index in [9.17, 15) is 4.79 Å². The van der Waals surface area contributed by atoms with E-state index < -0.39 is 0 Å². The zero-order valence-corrected chi connectivity index (χ0v) is 16.8. The minimum atomic E-state index is 0.0437. The van der Waals surface area contributed by atoms with E-state index in [0.29, 0.717) is 17.4 Å². The minimum Gasteiger partial charge on any atom is -0.356 e. The molecule has 28 heavy (non-hydrogen) atoms. The average molecular weight is 379 g/mol. The Balaban J connectivity index is 1.70. The summed E-state index contributed by atoms with van der Waals surface area (Å²) in [7, 11) is 0. The summed E-state index contributed by atoms with van der Waals surface area (Å²) in [6, 6.07) is 11.9. The number of aromatic nitrogens is 2. The van der Waals surface area contributed by atoms with Gasteiger partial charge >= 0.3 is 0 Å². The molecule has 2 aliphatic heterocycles. The van der Waals surface area contributed by atoms with E-state index in [1.54, 1.807) is 0 Å². The van der Waals surface area contributed by atoms with E-state index in [-0.39, 0.29) is 5.91 Å². The first-order chi connectivity index (χ1) is 13.7. The molecule has 0 saturated carbocycles. The summed E-state index contributed by atoms with van der Waals surface area (Å²) >= 11 is 0. The van der Waals surface area contributed by atoms with Crippen LogP contribution in [0.4, 0.5) is 5.82 Å². The van der Waals surface area contributed by atoms with Crippen molar-refractivity contribution in [3.05, 3.63) is 42.1 Å². The summed E-state index contributed by atoms with van der Waals surface area (Å²) in [5.74, 6) is 2.14. The third-order valence-electron chi connectivity index (χ3n) is 5.84. The molecule has 2 fully saturated rings. The molecule has 0 bridgehead atoms. The molecular weight excluding hydrogens is 348 g/mol. The van der Waals surface area contributed by atoms with Crippen LogP contribution in [0, 0.1) is 5.92 Å². The van der Waals surface area contributed by atoms with Crippen molar-refractivity contribution < 1.29 is 4.79 Å². The van der Waals surface area contributed by atoms with E-state index in [1.165, 1.54) is 32.1 Å². The Hall–Kier alpha value is -2.43. The Bertz CT molecular complexity index is 800. The second kappa shape index (κ2) is 8.72. The van der Waals surface area contributed by atoms with Crippen LogP contribution in [0.1, 0.15) is 55.9 Å². The monoisotopic (exact) mass is 378 g/mol. The van der Waals surface area contributed by atoms with Gasteiger partial charge in [0.05, 0.1) is 0 Å². The van der Waals surface area contributed by atoms with Crippen molar-refractivity contribution in [2.75, 3.05) is 31.1 Å². The first-order valence-electron chi connectivity index (χ1n) is 10.7. The molecule has 2 saturated heterocycles. The Labute approximate surface area is 167 Å². The van der Waals surface area contributed by atoms with Gasteiger partial charge in [0.25, 0.3) is 5.91 Å². The molecule has 0 spiro atoms. The summed E-state index contributed by atoms with van der Waals surface area (Å²) < 4.78 is 0. The number of benzene rings is 1. The molecule has 4 rings (SSSR count). The van der Waals surface area contributed by atoms with Gasteiger partial charge in [-0.1, -0.05) is 50.1 Å². The second-order valence-electron chi connectivity index (χ2n) is 8.20. The highest BCUT2D eigenvalue weighted by Crippen LogP contribution is 2.24. The largest absolute Gasteiger partial charge is 0.356 e. The summed E-state index contributed by atoms with van der Waals surface area (Å²) in [5, 5.41) is 0. The number of hydrogen-bond donors (Lipinski definition) is 0. The van der Waals surface area contributed by atoms with Crippen molar-refractivity contribution >= 4 is 11.7 Å². The molecule has 2 aliphatic rings. The molecule has 5 nitrogen and oxygen atoms in total. The zero-order valence-electron chi connectivity index (χ0n) is 16.8. The highest BCUT2D eigenvalue weighted by Gasteiger charge is 2.25. The standard InChI is InChI=1S/C23H30N4O/c1-18-10-9-15-27(17-18)23(28)20-16-21(26-13-7-2-3-8-14-26)25-22(24-20)19-11-5-4-6-12-19/h4-6,11-12,16,18H,2-3,7-10,13-15,17H2,1H3. The van der Waals surface area contributed by atoms with Crippen molar-refractivity contribution in [2.45, 2.75) is 45.4 Å². The van der Waals surface area contributed by atoms with Gasteiger partial charge in [-0.15, -0.1) is 0 Å². The van der Waals surface area contributed by atoms with Gasteiger partial charge in [-0.25, -0.2) is 9.97 Å². The van der Waals surface area contributed by atoms with Crippen LogP contribution >= 0.6 is 0 Å². The van der Waals surface area contributed by atoms with Gasteiger partial charge in [0.15, 0.2) is 5.82 Å². The molecule has 0 radical (unpaired) electrons. The maximum atomic E-state index is 13.2. The van der Waals surface area contributed by atoms with Crippen LogP contribution in [-0.2, 0) is 0 Å². The van der Waals surface area contributed by atoms with Crippen LogP contribution in [0.3, 0.4) is 0 Å². The molecule has 1 unspecified atom stereocenters. The summed E-state index contributed by atoms with van der Waals surface area (Å²) in [6.45, 7) is 5.87. The summed E-state index contributed by atoms with van der Waals surface area (Å²) in [5.41, 5.74) is 1.49. The maximum absolute atomic E-state index is 13.2. The van der Waals surface area contributed by atoms with E-state index >= 15 is 0 Å². The maximum Gasteiger partial charge on any atom is 0.272 e. The number of hydrogen-bond acceptors (Lipinski definition) is 4. The van der Waals surface area contributed by atoms with Crippen LogP contribution in [0.15, 0.2) is 36.4 Å². The molecule has 0 aliphatic carbocycles. The SMILES string of the molecule is CC1CCCN(C(=O)c2cc(N3CCCCCC3)nc(-c3ccccc3)n2)C1. The highest BCUT2D eigenvalue weighted by molar-refractivity contribution is 5.93. The fraction of sp³-hybridized carbons (Fsp3) is 0.522. The quantitative estimate of drug-likeness (QED) is 0.794. The van der Waals surface area contributed by atoms with Gasteiger partial charge in [0, 0.05) is 37.8 Å². The lowest BCUT2D eigenvalue weighted by Crippen LogP contribution is -2.39. The molecule has 5 heteroatoms. The molecule has 3 heterocycles. The fourth-order valence-corrected chi connectivity index (χ4v) is 4.26. The van der Waals surface area contributed by atoms with Crippen LogP contribution in [0.25, 0.3) is 11.4 Å². The number of carbonyl (C=O) groups excluding carboxylic acids is 1. The number of carbonyl (C=O) groups is 1. The number of piperidine rings is 1. The third kappa shape index (κ3) is 4.34. The molecule has 2 aromatic rings. The van der Waals surface area contributed by atoms with Crippen LogP contribution in [0.5, 0.6) is 0 Å². The molecule has 1 atom stereocenters. The Morgan fingerprint density at radius 2 is 1.71 bits per heavy atom. The van der Waals surface area contributed by atoms with Crippen molar-refractivity contribution in [3.8, 4) is 11.4 Å². The Morgan fingerprint density at radius 1 is 0.964 bits per heavy atom. The normalized spacial score (nSPS) is 20.7. The average Bonchev–Trinajstić information content (AvgIpc) is 3.03. The van der Waals surface area contributed by atoms with Gasteiger partial charge < -0.3 is 9.80 Å². The number of nitrogens with zero attached hydrogens (tertiary/aromatic N) is 4. The molecular formula is C23H30N4O. The van der Waals surface area contributed by atoms with Crippen molar-refractivity contribution in [2.24, 2.45) is 5.92 Å². The minimum absolute atomic E-state index is 0.0437. The predicted molar refractivity (Wildman–Crippen MR) is 112 cm³/mol. The Kier molecular flexibility index (Phi) is 5.89. The molecule has 148 valence electrons. The molecule has 1 amide bonds. The fourth-order valence-electron chi connectivity index (χ4n) is 4.26. The molecule has 1 aromatic heterocycles. The van der Waals surface area contributed by atoms with E-state index in [0.717, 1.165) is 44.0 Å². The lowest BCUT2D eigenvalue weighted by molar-refractivity contribution is 0.0677. The van der Waals surface area contributed by atoms with Gasteiger partial charge in [0.1, 0.15) is 11.5 Å². The molecule has 0 N–H and O–H groups in total. The van der Waals surface area contributed by atoms with Crippen molar-refractivity contribution in [1.82, 2.24) is 14.9 Å². The van der Waals surface area contributed by atoms with Crippen molar-refractivity contribution in [3.63, 3.8) is 0 Å². The second-order valence-corrected chi connectivity index (χ2v) is 8.20. The zero-order chi connectivity index (χ0) is 19.3. The number of amides is 1. The van der Waals surface area contributed by atoms with E-state index in [4.69, 9.17) is 9.97 Å². The van der Waals surface area contributed by atoms with Crippen molar-refractivity contribution in [1.29, 1.82) is 0 Å². The van der Waals surface area contributed by atoms with Crippen LogP contribution in [-0.4, -0.2) is 47.0 Å². The predicted octanol–water partition coefficient (Wildman–Crippen LogP) is 4.40. The van der Waals surface area contributed by atoms with Crippen LogP contribution in [0.2, 0.25) is 0 Å². The highest BCUT2D eigenvalue weighted by atomic mass is 16.2. The smallest absolute Gasteiger partial charge is 0.272 e. The topological polar surface area (TPSA) is 49.3 Å². The lowest BCUT2D eigenvalue weighted by atomic mass is 10.00. The third-order valence-corrected chi connectivity index (χ3v) is 5.84. The number of rotatable bonds is 3. The number of likely N-dealkylation sites (tertiary alicyclic amines) is 1. The first-order valence-corrected chi connectivity index (χ1v) is 10.7. The van der Waals surface area contributed by atoms with E-state index in [1.807, 2.05) is 41.3 Å². The molecule has 1 aromatic carbocycles. The van der Waals surface area contributed by atoms with Gasteiger partial charge in [-0.3, -0.25) is 4.79 Å². The van der Waals surface area contributed by atoms with Gasteiger partial charge in [-0.05, 0) is 31.6 Å². The Morgan fingerprint density at radius 3 is 2.43 bits per heavy atom.